The van der Waals surface area contributed by atoms with E-state index in [4.69, 9.17) is 0 Å². The standard InChI is InChI=1S/C18H28N4O3S.2ClH/c1-15-4-3-5-17(12-15)20-8-10-21(11-9-20)26(24,25)14-18(23)22-7-6-19-13-16(22)2;;/h3-5,12,16,19H,6-11,13-14H2,1-2H3;2*1H/t16-;;/m1../s1. The second-order valence-corrected chi connectivity index (χ2v) is 9.09. The van der Waals surface area contributed by atoms with E-state index in [1.165, 1.54) is 9.87 Å². The van der Waals surface area contributed by atoms with Gasteiger partial charge in [-0.3, -0.25) is 4.79 Å². The minimum atomic E-state index is -3.57. The third-order valence-corrected chi connectivity index (χ3v) is 6.89. The number of sulfonamides is 1. The largest absolute Gasteiger partial charge is 0.369 e. The Bertz CT molecular complexity index is 755. The number of amides is 1. The predicted octanol–water partition coefficient (Wildman–Crippen LogP) is 1.11. The van der Waals surface area contributed by atoms with Gasteiger partial charge in [0.2, 0.25) is 15.9 Å². The number of hydrogen-bond acceptors (Lipinski definition) is 5. The van der Waals surface area contributed by atoms with Crippen LogP contribution < -0.4 is 10.2 Å². The van der Waals surface area contributed by atoms with Gasteiger partial charge in [-0.05, 0) is 31.5 Å². The Morgan fingerprint density at radius 3 is 2.43 bits per heavy atom. The molecule has 1 aromatic carbocycles. The van der Waals surface area contributed by atoms with Gasteiger partial charge in [-0.25, -0.2) is 8.42 Å². The Hall–Kier alpha value is -1.06. The smallest absolute Gasteiger partial charge is 0.239 e. The number of benzene rings is 1. The monoisotopic (exact) mass is 452 g/mol. The summed E-state index contributed by atoms with van der Waals surface area (Å²) in [6, 6.07) is 8.25. The minimum Gasteiger partial charge on any atom is -0.369 e. The van der Waals surface area contributed by atoms with Crippen molar-refractivity contribution >= 4 is 46.4 Å². The van der Waals surface area contributed by atoms with E-state index in [9.17, 15) is 13.2 Å². The molecule has 0 unspecified atom stereocenters. The van der Waals surface area contributed by atoms with Gasteiger partial charge in [0.05, 0.1) is 0 Å². The molecule has 0 aliphatic carbocycles. The maximum Gasteiger partial charge on any atom is 0.239 e. The van der Waals surface area contributed by atoms with E-state index in [2.05, 4.69) is 16.3 Å². The molecule has 28 heavy (non-hydrogen) atoms. The average molecular weight is 453 g/mol. The highest BCUT2D eigenvalue weighted by Crippen LogP contribution is 2.19. The molecule has 2 fully saturated rings. The van der Waals surface area contributed by atoms with Crippen LogP contribution in [-0.2, 0) is 14.8 Å². The van der Waals surface area contributed by atoms with Gasteiger partial charge < -0.3 is 15.1 Å². The van der Waals surface area contributed by atoms with E-state index in [1.807, 2.05) is 32.0 Å². The van der Waals surface area contributed by atoms with Crippen LogP contribution in [0, 0.1) is 6.92 Å². The summed E-state index contributed by atoms with van der Waals surface area (Å²) in [6.07, 6.45) is 0. The molecule has 2 heterocycles. The molecule has 2 aliphatic rings. The SMILES string of the molecule is Cc1cccc(N2CCN(S(=O)(=O)CC(=O)N3CCNC[C@H]3C)CC2)c1.Cl.Cl. The van der Waals surface area contributed by atoms with Crippen LogP contribution >= 0.6 is 24.8 Å². The van der Waals surface area contributed by atoms with Crippen molar-refractivity contribution in [2.45, 2.75) is 19.9 Å². The molecule has 3 rings (SSSR count). The highest BCUT2D eigenvalue weighted by atomic mass is 35.5. The van der Waals surface area contributed by atoms with Crippen molar-refractivity contribution in [2.24, 2.45) is 0 Å². The Balaban J connectivity index is 0.00000196. The maximum atomic E-state index is 12.7. The quantitative estimate of drug-likeness (QED) is 0.740. The minimum absolute atomic E-state index is 0. The molecule has 1 atom stereocenters. The molecule has 1 N–H and O–H groups in total. The first-order chi connectivity index (χ1) is 12.4. The molecule has 2 saturated heterocycles. The zero-order valence-corrected chi connectivity index (χ0v) is 18.8. The van der Waals surface area contributed by atoms with Crippen LogP contribution in [0.3, 0.4) is 0 Å². The summed E-state index contributed by atoms with van der Waals surface area (Å²) in [4.78, 5) is 16.3. The van der Waals surface area contributed by atoms with Crippen LogP contribution in [-0.4, -0.2) is 81.1 Å². The molecule has 1 aromatic rings. The first-order valence-corrected chi connectivity index (χ1v) is 10.8. The van der Waals surface area contributed by atoms with Gasteiger partial charge in [0, 0.05) is 57.5 Å². The number of piperazine rings is 2. The summed E-state index contributed by atoms with van der Waals surface area (Å²) in [7, 11) is -3.57. The van der Waals surface area contributed by atoms with E-state index >= 15 is 0 Å². The third-order valence-electron chi connectivity index (χ3n) is 5.13. The van der Waals surface area contributed by atoms with Gasteiger partial charge in [-0.15, -0.1) is 24.8 Å². The van der Waals surface area contributed by atoms with Crippen molar-refractivity contribution in [3.05, 3.63) is 29.8 Å². The summed E-state index contributed by atoms with van der Waals surface area (Å²) in [5.41, 5.74) is 2.31. The van der Waals surface area contributed by atoms with E-state index in [0.29, 0.717) is 45.8 Å². The number of carbonyl (C=O) groups excluding carboxylic acids is 1. The van der Waals surface area contributed by atoms with Crippen LogP contribution in [0.2, 0.25) is 0 Å². The first kappa shape index (κ1) is 25.0. The number of nitrogens with one attached hydrogen (secondary N) is 1. The second-order valence-electron chi connectivity index (χ2n) is 7.12. The fourth-order valence-electron chi connectivity index (χ4n) is 3.59. The Morgan fingerprint density at radius 1 is 1.14 bits per heavy atom. The Morgan fingerprint density at radius 2 is 1.82 bits per heavy atom. The van der Waals surface area contributed by atoms with Crippen LogP contribution in [0.5, 0.6) is 0 Å². The van der Waals surface area contributed by atoms with Crippen LogP contribution in [0.15, 0.2) is 24.3 Å². The van der Waals surface area contributed by atoms with Gasteiger partial charge in [-0.1, -0.05) is 12.1 Å². The lowest BCUT2D eigenvalue weighted by atomic mass is 10.2. The van der Waals surface area contributed by atoms with Gasteiger partial charge in [-0.2, -0.15) is 4.31 Å². The molecule has 10 heteroatoms. The molecule has 0 bridgehead atoms. The molecule has 0 spiro atoms. The van der Waals surface area contributed by atoms with Gasteiger partial charge >= 0.3 is 0 Å². The van der Waals surface area contributed by atoms with Crippen molar-refractivity contribution in [2.75, 3.05) is 56.5 Å². The summed E-state index contributed by atoms with van der Waals surface area (Å²) in [5, 5.41) is 3.21. The van der Waals surface area contributed by atoms with Crippen molar-refractivity contribution in [3.8, 4) is 0 Å². The number of aryl methyl sites for hydroxylation is 1. The Kier molecular flexibility index (Phi) is 9.49. The number of nitrogens with zero attached hydrogens (tertiary/aromatic N) is 3. The van der Waals surface area contributed by atoms with Crippen LogP contribution in [0.1, 0.15) is 12.5 Å². The molecule has 0 saturated carbocycles. The molecule has 160 valence electrons. The highest BCUT2D eigenvalue weighted by molar-refractivity contribution is 7.89. The topological polar surface area (TPSA) is 73.0 Å². The van der Waals surface area contributed by atoms with Crippen LogP contribution in [0.4, 0.5) is 5.69 Å². The third kappa shape index (κ3) is 5.97. The van der Waals surface area contributed by atoms with Crippen molar-refractivity contribution in [1.82, 2.24) is 14.5 Å². The number of halogens is 2. The summed E-state index contributed by atoms with van der Waals surface area (Å²) in [6.45, 7) is 8.09. The fourth-order valence-corrected chi connectivity index (χ4v) is 4.97. The normalized spacial score (nSPS) is 20.9. The average Bonchev–Trinajstić information content (AvgIpc) is 2.62. The number of anilines is 1. The molecular weight excluding hydrogens is 423 g/mol. The second kappa shape index (κ2) is 10.6. The molecule has 7 nitrogen and oxygen atoms in total. The first-order valence-electron chi connectivity index (χ1n) is 9.16. The zero-order valence-electron chi connectivity index (χ0n) is 16.3. The zero-order chi connectivity index (χ0) is 18.7. The van der Waals surface area contributed by atoms with Crippen molar-refractivity contribution in [1.29, 1.82) is 0 Å². The van der Waals surface area contributed by atoms with Crippen molar-refractivity contribution < 1.29 is 13.2 Å². The maximum absolute atomic E-state index is 12.7. The lowest BCUT2D eigenvalue weighted by Crippen LogP contribution is -2.55. The summed E-state index contributed by atoms with van der Waals surface area (Å²) in [5.74, 6) is -0.720. The lowest BCUT2D eigenvalue weighted by molar-refractivity contribution is -0.131. The molecule has 0 aromatic heterocycles. The molecule has 2 aliphatic heterocycles. The predicted molar refractivity (Wildman–Crippen MR) is 117 cm³/mol. The summed E-state index contributed by atoms with van der Waals surface area (Å²) < 4.78 is 26.8. The molecule has 0 radical (unpaired) electrons. The van der Waals surface area contributed by atoms with Gasteiger partial charge in [0.1, 0.15) is 5.75 Å². The van der Waals surface area contributed by atoms with Gasteiger partial charge in [0.15, 0.2) is 0 Å². The van der Waals surface area contributed by atoms with E-state index in [0.717, 1.165) is 5.69 Å². The Labute approximate surface area is 180 Å². The van der Waals surface area contributed by atoms with E-state index < -0.39 is 15.8 Å². The van der Waals surface area contributed by atoms with Crippen molar-refractivity contribution in [3.63, 3.8) is 0 Å². The number of hydrogen-bond donors (Lipinski definition) is 1. The highest BCUT2D eigenvalue weighted by Gasteiger charge is 2.32. The van der Waals surface area contributed by atoms with Crippen LogP contribution in [0.25, 0.3) is 0 Å². The number of rotatable bonds is 4. The lowest BCUT2D eigenvalue weighted by Gasteiger charge is -2.37. The molecular formula is C18H30Cl2N4O3S. The van der Waals surface area contributed by atoms with Gasteiger partial charge in [0.25, 0.3) is 0 Å². The fraction of sp³-hybridized carbons (Fsp3) is 0.611. The van der Waals surface area contributed by atoms with E-state index in [1.54, 1.807) is 4.90 Å². The summed E-state index contributed by atoms with van der Waals surface area (Å²) >= 11 is 0. The molecule has 1 amide bonds. The number of carbonyl (C=O) groups is 1. The van der Waals surface area contributed by atoms with E-state index in [-0.39, 0.29) is 36.8 Å².